The molecule has 0 aliphatic carbocycles. The number of thioether (sulfide) groups is 1. The SMILES string of the molecule is CCS/C(N)=C(\N)C#N. The van der Waals surface area contributed by atoms with Gasteiger partial charge in [-0.15, -0.1) is 11.8 Å². The number of nitriles is 1. The van der Waals surface area contributed by atoms with Crippen LogP contribution < -0.4 is 11.5 Å². The van der Waals surface area contributed by atoms with Crippen molar-refractivity contribution in [3.8, 4) is 6.07 Å². The Balaban J connectivity index is 3.98. The Hall–Kier alpha value is -0.820. The third-order valence-electron chi connectivity index (χ3n) is 0.686. The molecule has 3 nitrogen and oxygen atoms in total. The molecule has 0 fully saturated rings. The summed E-state index contributed by atoms with van der Waals surface area (Å²) in [4.78, 5) is 0. The summed E-state index contributed by atoms with van der Waals surface area (Å²) in [7, 11) is 0. The molecule has 0 radical (unpaired) electrons. The minimum atomic E-state index is 0.113. The summed E-state index contributed by atoms with van der Waals surface area (Å²) in [5, 5.41) is 8.62. The molecule has 0 amide bonds. The lowest BCUT2D eigenvalue weighted by molar-refractivity contribution is 1.32. The van der Waals surface area contributed by atoms with Gasteiger partial charge in [0.05, 0.1) is 5.03 Å². The van der Waals surface area contributed by atoms with Crippen molar-refractivity contribution >= 4 is 11.8 Å². The fraction of sp³-hybridized carbons (Fsp3) is 0.400. The average molecular weight is 143 g/mol. The largest absolute Gasteiger partial charge is 0.391 e. The number of nitrogens with two attached hydrogens (primary N) is 2. The highest BCUT2D eigenvalue weighted by Gasteiger charge is 1.94. The van der Waals surface area contributed by atoms with Crippen LogP contribution in [0.1, 0.15) is 6.92 Å². The Bertz CT molecular complexity index is 156. The summed E-state index contributed by atoms with van der Waals surface area (Å²) in [6.45, 7) is 1.95. The summed E-state index contributed by atoms with van der Waals surface area (Å²) >= 11 is 1.37. The number of rotatable bonds is 2. The maximum atomic E-state index is 8.21. The van der Waals surface area contributed by atoms with Crippen molar-refractivity contribution in [2.75, 3.05) is 5.75 Å². The molecule has 0 aromatic heterocycles. The molecule has 0 saturated heterocycles. The molecule has 0 aromatic rings. The van der Waals surface area contributed by atoms with Gasteiger partial charge in [-0.3, -0.25) is 0 Å². The summed E-state index contributed by atoms with van der Waals surface area (Å²) in [6, 6.07) is 1.76. The monoisotopic (exact) mass is 143 g/mol. The van der Waals surface area contributed by atoms with Gasteiger partial charge in [-0.2, -0.15) is 5.26 Å². The molecule has 0 atom stereocenters. The molecule has 0 unspecified atom stereocenters. The molecular formula is C5H9N3S. The first-order chi connectivity index (χ1) is 4.22. The van der Waals surface area contributed by atoms with Gasteiger partial charge >= 0.3 is 0 Å². The average Bonchev–Trinajstić information content (AvgIpc) is 1.87. The minimum absolute atomic E-state index is 0.113. The van der Waals surface area contributed by atoms with E-state index in [2.05, 4.69) is 0 Å². The van der Waals surface area contributed by atoms with Crippen molar-refractivity contribution in [1.29, 1.82) is 5.26 Å². The van der Waals surface area contributed by atoms with Crippen molar-refractivity contribution in [3.05, 3.63) is 10.7 Å². The second-order valence-corrected chi connectivity index (χ2v) is 2.63. The lowest BCUT2D eigenvalue weighted by Gasteiger charge is -1.95. The van der Waals surface area contributed by atoms with Crippen LogP contribution in [0.25, 0.3) is 0 Å². The smallest absolute Gasteiger partial charge is 0.140 e. The van der Waals surface area contributed by atoms with E-state index >= 15 is 0 Å². The Morgan fingerprint density at radius 3 is 2.56 bits per heavy atom. The van der Waals surface area contributed by atoms with E-state index in [4.69, 9.17) is 16.7 Å². The Labute approximate surface area is 58.7 Å². The van der Waals surface area contributed by atoms with E-state index in [1.54, 1.807) is 6.07 Å². The number of hydrogen-bond acceptors (Lipinski definition) is 4. The first-order valence-electron chi connectivity index (χ1n) is 2.50. The fourth-order valence-electron chi connectivity index (χ4n) is 0.288. The first-order valence-corrected chi connectivity index (χ1v) is 3.49. The van der Waals surface area contributed by atoms with Crippen LogP contribution in [-0.4, -0.2) is 5.75 Å². The molecule has 4 N–H and O–H groups in total. The highest BCUT2D eigenvalue weighted by atomic mass is 32.2. The number of nitrogens with zero attached hydrogens (tertiary/aromatic N) is 1. The van der Waals surface area contributed by atoms with Crippen LogP contribution in [-0.2, 0) is 0 Å². The predicted octanol–water partition coefficient (Wildman–Crippen LogP) is 0.350. The van der Waals surface area contributed by atoms with Crippen molar-refractivity contribution in [2.45, 2.75) is 6.92 Å². The molecule has 50 valence electrons. The van der Waals surface area contributed by atoms with Crippen LogP contribution in [0.3, 0.4) is 0 Å². The van der Waals surface area contributed by atoms with Gasteiger partial charge < -0.3 is 11.5 Å². The zero-order valence-corrected chi connectivity index (χ0v) is 6.03. The third-order valence-corrected chi connectivity index (χ3v) is 1.51. The van der Waals surface area contributed by atoms with Gasteiger partial charge in [0, 0.05) is 0 Å². The van der Waals surface area contributed by atoms with Gasteiger partial charge in [0.25, 0.3) is 0 Å². The summed E-state index contributed by atoms with van der Waals surface area (Å²) in [5.74, 6) is 0.841. The van der Waals surface area contributed by atoms with Crippen molar-refractivity contribution < 1.29 is 0 Å². The molecule has 0 spiro atoms. The van der Waals surface area contributed by atoms with Crippen LogP contribution in [0, 0.1) is 11.3 Å². The van der Waals surface area contributed by atoms with Crippen LogP contribution >= 0.6 is 11.8 Å². The molecule has 0 aliphatic heterocycles. The molecule has 0 heterocycles. The molecule has 0 saturated carbocycles. The molecule has 9 heavy (non-hydrogen) atoms. The van der Waals surface area contributed by atoms with Crippen molar-refractivity contribution in [1.82, 2.24) is 0 Å². The minimum Gasteiger partial charge on any atom is -0.391 e. The zero-order valence-electron chi connectivity index (χ0n) is 5.22. The van der Waals surface area contributed by atoms with Crippen LogP contribution in [0.15, 0.2) is 10.7 Å². The first kappa shape index (κ1) is 8.18. The van der Waals surface area contributed by atoms with E-state index < -0.39 is 0 Å². The fourth-order valence-corrected chi connectivity index (χ4v) is 0.800. The molecule has 0 bridgehead atoms. The van der Waals surface area contributed by atoms with Crippen molar-refractivity contribution in [3.63, 3.8) is 0 Å². The standard InChI is InChI=1S/C5H9N3S/c1-2-9-5(8)4(7)3-6/h2,7-8H2,1H3/b5-4-. The predicted molar refractivity (Wildman–Crippen MR) is 39.1 cm³/mol. The van der Waals surface area contributed by atoms with Crippen LogP contribution in [0.4, 0.5) is 0 Å². The second-order valence-electron chi connectivity index (χ2n) is 1.32. The highest BCUT2D eigenvalue weighted by molar-refractivity contribution is 8.03. The van der Waals surface area contributed by atoms with Crippen molar-refractivity contribution in [2.24, 2.45) is 11.5 Å². The lowest BCUT2D eigenvalue weighted by atomic mass is 10.5. The number of allylic oxidation sites excluding steroid dienone is 1. The molecule has 0 aliphatic rings. The number of hydrogen-bond donors (Lipinski definition) is 2. The van der Waals surface area contributed by atoms with Gasteiger partial charge in [0.15, 0.2) is 0 Å². The topological polar surface area (TPSA) is 75.8 Å². The summed E-state index contributed by atoms with van der Waals surface area (Å²) in [5.41, 5.74) is 10.6. The Morgan fingerprint density at radius 2 is 2.22 bits per heavy atom. The van der Waals surface area contributed by atoms with Crippen LogP contribution in [0.5, 0.6) is 0 Å². The summed E-state index contributed by atoms with van der Waals surface area (Å²) < 4.78 is 0. The van der Waals surface area contributed by atoms with Crippen LogP contribution in [0.2, 0.25) is 0 Å². The molecule has 4 heteroatoms. The Morgan fingerprint density at radius 1 is 1.67 bits per heavy atom. The van der Waals surface area contributed by atoms with Gasteiger partial charge in [-0.1, -0.05) is 6.92 Å². The van der Waals surface area contributed by atoms with E-state index in [-0.39, 0.29) is 5.70 Å². The lowest BCUT2D eigenvalue weighted by Crippen LogP contribution is -2.04. The summed E-state index contributed by atoms with van der Waals surface area (Å²) in [6.07, 6.45) is 0. The maximum absolute atomic E-state index is 8.21. The normalized spacial score (nSPS) is 12.0. The molecule has 0 rings (SSSR count). The third kappa shape index (κ3) is 2.88. The second kappa shape index (κ2) is 4.10. The quantitative estimate of drug-likeness (QED) is 0.547. The van der Waals surface area contributed by atoms with E-state index in [0.29, 0.717) is 5.03 Å². The highest BCUT2D eigenvalue weighted by Crippen LogP contribution is 2.09. The zero-order chi connectivity index (χ0) is 7.28. The van der Waals surface area contributed by atoms with Gasteiger partial charge in [0.2, 0.25) is 0 Å². The molecular weight excluding hydrogens is 134 g/mol. The van der Waals surface area contributed by atoms with Gasteiger partial charge in [-0.05, 0) is 5.75 Å². The molecule has 0 aromatic carbocycles. The van der Waals surface area contributed by atoms with E-state index in [9.17, 15) is 0 Å². The van der Waals surface area contributed by atoms with Gasteiger partial charge in [0.1, 0.15) is 11.8 Å². The van der Waals surface area contributed by atoms with E-state index in [0.717, 1.165) is 5.75 Å². The van der Waals surface area contributed by atoms with E-state index in [1.807, 2.05) is 6.92 Å². The maximum Gasteiger partial charge on any atom is 0.140 e. The van der Waals surface area contributed by atoms with Gasteiger partial charge in [-0.25, -0.2) is 0 Å². The Kier molecular flexibility index (Phi) is 3.72. The van der Waals surface area contributed by atoms with E-state index in [1.165, 1.54) is 11.8 Å².